The summed E-state index contributed by atoms with van der Waals surface area (Å²) in [6.45, 7) is 3.73. The third-order valence-electron chi connectivity index (χ3n) is 3.64. The molecule has 1 heterocycles. The van der Waals surface area contributed by atoms with Crippen molar-refractivity contribution in [2.24, 2.45) is 5.92 Å². The van der Waals surface area contributed by atoms with Gasteiger partial charge >= 0.3 is 0 Å². The summed E-state index contributed by atoms with van der Waals surface area (Å²) in [7, 11) is 0. The molecule has 0 amide bonds. The molecule has 1 fully saturated rings. The fourth-order valence-corrected chi connectivity index (χ4v) is 2.51. The van der Waals surface area contributed by atoms with Gasteiger partial charge in [-0.2, -0.15) is 0 Å². The smallest absolute Gasteiger partial charge is 0.177 e. The summed E-state index contributed by atoms with van der Waals surface area (Å²) in [6, 6.07) is 0. The highest BCUT2D eigenvalue weighted by Gasteiger charge is 2.14. The van der Waals surface area contributed by atoms with Gasteiger partial charge in [-0.25, -0.2) is 0 Å². The third-order valence-corrected chi connectivity index (χ3v) is 3.64. The molecule has 2 rings (SSSR count). The van der Waals surface area contributed by atoms with E-state index in [4.69, 9.17) is 9.47 Å². The van der Waals surface area contributed by atoms with E-state index in [1.54, 1.807) is 0 Å². The van der Waals surface area contributed by atoms with Crippen molar-refractivity contribution in [2.75, 3.05) is 13.2 Å². The minimum absolute atomic E-state index is 0.103. The highest BCUT2D eigenvalue weighted by Crippen LogP contribution is 2.28. The monoisotopic (exact) mass is 236 g/mol. The lowest BCUT2D eigenvalue weighted by atomic mass is 9.86. The van der Waals surface area contributed by atoms with Gasteiger partial charge in [-0.05, 0) is 31.3 Å². The number of unbranched alkanes of at least 4 members (excludes halogenated alkanes) is 1. The molecule has 1 aliphatic heterocycles. The van der Waals surface area contributed by atoms with Gasteiger partial charge in [-0.15, -0.1) is 0 Å². The normalized spacial score (nSPS) is 26.6. The van der Waals surface area contributed by atoms with Crippen LogP contribution in [-0.4, -0.2) is 19.5 Å². The molecule has 0 N–H and O–H groups in total. The van der Waals surface area contributed by atoms with Crippen LogP contribution in [-0.2, 0) is 9.47 Å². The van der Waals surface area contributed by atoms with Crippen molar-refractivity contribution >= 4 is 0 Å². The predicted molar refractivity (Wildman–Crippen MR) is 69.8 cm³/mol. The molecule has 2 nitrogen and oxygen atoms in total. The Labute approximate surface area is 105 Å². The van der Waals surface area contributed by atoms with Crippen molar-refractivity contribution in [3.8, 4) is 0 Å². The van der Waals surface area contributed by atoms with Gasteiger partial charge in [0, 0.05) is 0 Å². The summed E-state index contributed by atoms with van der Waals surface area (Å²) in [4.78, 5) is 0. The van der Waals surface area contributed by atoms with E-state index >= 15 is 0 Å². The Balaban J connectivity index is 1.73. The average molecular weight is 236 g/mol. The lowest BCUT2D eigenvalue weighted by Crippen LogP contribution is -2.06. The van der Waals surface area contributed by atoms with Crippen LogP contribution in [0.4, 0.5) is 0 Å². The van der Waals surface area contributed by atoms with Crippen LogP contribution in [0.2, 0.25) is 0 Å². The molecule has 0 radical (unpaired) electrons. The van der Waals surface area contributed by atoms with Crippen LogP contribution in [0.15, 0.2) is 23.8 Å². The molecule has 1 atom stereocenters. The summed E-state index contributed by atoms with van der Waals surface area (Å²) >= 11 is 0. The highest BCUT2D eigenvalue weighted by molar-refractivity contribution is 5.21. The number of rotatable bonds is 5. The molecular weight excluding hydrogens is 212 g/mol. The second-order valence-electron chi connectivity index (χ2n) is 5.03. The number of hydrogen-bond donors (Lipinski definition) is 0. The zero-order chi connectivity index (χ0) is 11.9. The van der Waals surface area contributed by atoms with Crippen molar-refractivity contribution in [3.05, 3.63) is 23.8 Å². The molecular formula is C15H24O2. The van der Waals surface area contributed by atoms with E-state index in [1.165, 1.54) is 44.1 Å². The maximum atomic E-state index is 5.38. The number of hydrogen-bond acceptors (Lipinski definition) is 2. The minimum atomic E-state index is -0.103. The zero-order valence-electron chi connectivity index (χ0n) is 10.9. The van der Waals surface area contributed by atoms with E-state index in [2.05, 4.69) is 19.1 Å². The molecule has 17 heavy (non-hydrogen) atoms. The van der Waals surface area contributed by atoms with Crippen LogP contribution >= 0.6 is 0 Å². The molecule has 0 aromatic rings. The maximum Gasteiger partial charge on any atom is 0.177 e. The lowest BCUT2D eigenvalue weighted by Gasteiger charge is -2.20. The summed E-state index contributed by atoms with van der Waals surface area (Å²) < 4.78 is 10.8. The van der Waals surface area contributed by atoms with Gasteiger partial charge in [-0.3, -0.25) is 0 Å². The predicted octanol–water partition coefficient (Wildman–Crippen LogP) is 3.83. The Hall–Kier alpha value is -0.600. The van der Waals surface area contributed by atoms with E-state index < -0.39 is 0 Å². The molecule has 2 heteroatoms. The van der Waals surface area contributed by atoms with E-state index in [-0.39, 0.29) is 6.29 Å². The van der Waals surface area contributed by atoms with Gasteiger partial charge in [-0.1, -0.05) is 43.9 Å². The van der Waals surface area contributed by atoms with Crippen molar-refractivity contribution < 1.29 is 9.47 Å². The van der Waals surface area contributed by atoms with Crippen molar-refractivity contribution in [3.63, 3.8) is 0 Å². The Morgan fingerprint density at radius 1 is 1.35 bits per heavy atom. The summed E-state index contributed by atoms with van der Waals surface area (Å²) in [5.74, 6) is 0.922. The SMILES string of the molecule is CCCCC1CC=C(C=CC2OCCO2)CC1. The minimum Gasteiger partial charge on any atom is -0.347 e. The number of ether oxygens (including phenoxy) is 2. The summed E-state index contributed by atoms with van der Waals surface area (Å²) in [6.07, 6.45) is 14.5. The molecule has 1 unspecified atom stereocenters. The van der Waals surface area contributed by atoms with Crippen LogP contribution in [0.1, 0.15) is 45.4 Å². The van der Waals surface area contributed by atoms with Gasteiger partial charge < -0.3 is 9.47 Å². The van der Waals surface area contributed by atoms with E-state index in [0.29, 0.717) is 0 Å². The Bertz CT molecular complexity index is 275. The van der Waals surface area contributed by atoms with Crippen LogP contribution < -0.4 is 0 Å². The summed E-state index contributed by atoms with van der Waals surface area (Å²) in [5, 5.41) is 0. The second kappa shape index (κ2) is 6.97. The van der Waals surface area contributed by atoms with E-state index in [0.717, 1.165) is 19.1 Å². The zero-order valence-corrected chi connectivity index (χ0v) is 10.9. The van der Waals surface area contributed by atoms with Crippen LogP contribution in [0.25, 0.3) is 0 Å². The van der Waals surface area contributed by atoms with E-state index in [1.807, 2.05) is 6.08 Å². The quantitative estimate of drug-likeness (QED) is 0.722. The van der Waals surface area contributed by atoms with Gasteiger partial charge in [0.2, 0.25) is 0 Å². The fourth-order valence-electron chi connectivity index (χ4n) is 2.51. The van der Waals surface area contributed by atoms with Crippen molar-refractivity contribution in [1.82, 2.24) is 0 Å². The molecule has 0 saturated carbocycles. The third kappa shape index (κ3) is 4.29. The first kappa shape index (κ1) is 12.8. The first-order chi connectivity index (χ1) is 8.38. The first-order valence-corrected chi connectivity index (χ1v) is 6.99. The molecule has 0 bridgehead atoms. The summed E-state index contributed by atoms with van der Waals surface area (Å²) in [5.41, 5.74) is 1.46. The van der Waals surface area contributed by atoms with Gasteiger partial charge in [0.05, 0.1) is 13.2 Å². The highest BCUT2D eigenvalue weighted by atomic mass is 16.7. The molecule has 1 aliphatic carbocycles. The molecule has 2 aliphatic rings. The topological polar surface area (TPSA) is 18.5 Å². The molecule has 0 aromatic carbocycles. The van der Waals surface area contributed by atoms with Crippen LogP contribution in [0.5, 0.6) is 0 Å². The molecule has 0 aromatic heterocycles. The Morgan fingerprint density at radius 2 is 2.18 bits per heavy atom. The second-order valence-corrected chi connectivity index (χ2v) is 5.03. The number of allylic oxidation sites excluding steroid dienone is 3. The molecule has 96 valence electrons. The molecule has 1 saturated heterocycles. The average Bonchev–Trinajstić information content (AvgIpc) is 2.88. The van der Waals surface area contributed by atoms with E-state index in [9.17, 15) is 0 Å². The van der Waals surface area contributed by atoms with Gasteiger partial charge in [0.25, 0.3) is 0 Å². The standard InChI is InChI=1S/C15H24O2/c1-2-3-4-13-5-7-14(8-6-13)9-10-15-16-11-12-17-15/h7,9-10,13,15H,2-6,8,11-12H2,1H3. The molecule has 0 spiro atoms. The van der Waals surface area contributed by atoms with Crippen LogP contribution in [0, 0.1) is 5.92 Å². The maximum absolute atomic E-state index is 5.38. The van der Waals surface area contributed by atoms with Gasteiger partial charge in [0.1, 0.15) is 0 Å². The lowest BCUT2D eigenvalue weighted by molar-refractivity contribution is -0.00158. The van der Waals surface area contributed by atoms with Crippen molar-refractivity contribution in [1.29, 1.82) is 0 Å². The van der Waals surface area contributed by atoms with Crippen LogP contribution in [0.3, 0.4) is 0 Å². The van der Waals surface area contributed by atoms with Gasteiger partial charge in [0.15, 0.2) is 6.29 Å². The Morgan fingerprint density at radius 3 is 2.82 bits per heavy atom. The van der Waals surface area contributed by atoms with Crippen molar-refractivity contribution in [2.45, 2.75) is 51.7 Å². The first-order valence-electron chi connectivity index (χ1n) is 6.99. The fraction of sp³-hybridized carbons (Fsp3) is 0.733. The largest absolute Gasteiger partial charge is 0.347 e. The Kier molecular flexibility index (Phi) is 5.27.